The summed E-state index contributed by atoms with van der Waals surface area (Å²) in [6.07, 6.45) is -2.74. The van der Waals surface area contributed by atoms with Gasteiger partial charge in [-0.25, -0.2) is 13.6 Å². The van der Waals surface area contributed by atoms with E-state index in [0.717, 1.165) is 5.56 Å². The fraction of sp³-hybridized carbons (Fsp3) is 0.611. The van der Waals surface area contributed by atoms with E-state index < -0.39 is 36.2 Å². The van der Waals surface area contributed by atoms with Gasteiger partial charge < -0.3 is 14.7 Å². The molecule has 0 bridgehead atoms. The van der Waals surface area contributed by atoms with Crippen molar-refractivity contribution < 1.29 is 23.4 Å². The Bertz CT molecular complexity index is 557. The van der Waals surface area contributed by atoms with Gasteiger partial charge in [0.1, 0.15) is 11.7 Å². The van der Waals surface area contributed by atoms with E-state index in [-0.39, 0.29) is 19.4 Å². The van der Waals surface area contributed by atoms with Crippen molar-refractivity contribution in [1.29, 1.82) is 0 Å². The second kappa shape index (κ2) is 7.05. The maximum atomic E-state index is 13.5. The van der Waals surface area contributed by atoms with E-state index in [0.29, 0.717) is 0 Å². The van der Waals surface area contributed by atoms with Crippen LogP contribution in [-0.4, -0.2) is 39.8 Å². The number of aliphatic hydroxyl groups is 1. The molecule has 0 aliphatic heterocycles. The first-order valence-electron chi connectivity index (χ1n) is 8.18. The molecule has 134 valence electrons. The van der Waals surface area contributed by atoms with Crippen molar-refractivity contribution in [2.75, 3.05) is 0 Å². The largest absolute Gasteiger partial charge is 0.444 e. The minimum absolute atomic E-state index is 0.135. The van der Waals surface area contributed by atoms with Gasteiger partial charge in [-0.15, -0.1) is 0 Å². The summed E-state index contributed by atoms with van der Waals surface area (Å²) < 4.78 is 32.5. The molecule has 1 amide bonds. The minimum Gasteiger partial charge on any atom is -0.444 e. The summed E-state index contributed by atoms with van der Waals surface area (Å²) in [5, 5.41) is 9.71. The topological polar surface area (TPSA) is 49.8 Å². The average Bonchev–Trinajstić information content (AvgIpc) is 2.47. The fourth-order valence-electron chi connectivity index (χ4n) is 2.80. The molecule has 1 aliphatic rings. The Labute approximate surface area is 141 Å². The number of ether oxygens (including phenoxy) is 1. The molecule has 0 saturated heterocycles. The number of hydrogen-bond donors (Lipinski definition) is 1. The number of benzene rings is 1. The molecule has 1 fully saturated rings. The standard InChI is InChI=1S/C18H25F2NO3/c1-17(2,3)24-16(23)21(12-13-7-5-4-6-8-13)14-9-10-18(19,20)15(22)11-14/h4-8,14-15,22H,9-12H2,1-3H3/t14-,15-/m1/s1. The lowest BCUT2D eigenvalue weighted by atomic mass is 9.88. The van der Waals surface area contributed by atoms with Crippen molar-refractivity contribution >= 4 is 6.09 Å². The van der Waals surface area contributed by atoms with Gasteiger partial charge >= 0.3 is 6.09 Å². The van der Waals surface area contributed by atoms with Crippen molar-refractivity contribution in [2.24, 2.45) is 0 Å². The van der Waals surface area contributed by atoms with Gasteiger partial charge in [-0.3, -0.25) is 0 Å². The van der Waals surface area contributed by atoms with E-state index in [1.54, 1.807) is 20.8 Å². The van der Waals surface area contributed by atoms with Crippen LogP contribution in [0.15, 0.2) is 30.3 Å². The van der Waals surface area contributed by atoms with Gasteiger partial charge in [0.15, 0.2) is 0 Å². The Kier molecular flexibility index (Phi) is 5.48. The summed E-state index contributed by atoms with van der Waals surface area (Å²) >= 11 is 0. The second-order valence-electron chi connectivity index (χ2n) is 7.30. The lowest BCUT2D eigenvalue weighted by molar-refractivity contribution is -0.145. The number of carbonyl (C=O) groups excluding carboxylic acids is 1. The lowest BCUT2D eigenvalue weighted by Crippen LogP contribution is -2.50. The van der Waals surface area contributed by atoms with Gasteiger partial charge in [-0.1, -0.05) is 30.3 Å². The van der Waals surface area contributed by atoms with Crippen molar-refractivity contribution in [3.8, 4) is 0 Å². The monoisotopic (exact) mass is 341 g/mol. The highest BCUT2D eigenvalue weighted by Crippen LogP contribution is 2.36. The number of carbonyl (C=O) groups is 1. The Balaban J connectivity index is 2.18. The lowest BCUT2D eigenvalue weighted by Gasteiger charge is -2.39. The van der Waals surface area contributed by atoms with Crippen LogP contribution in [0.5, 0.6) is 0 Å². The summed E-state index contributed by atoms with van der Waals surface area (Å²) in [4.78, 5) is 14.0. The Morgan fingerprint density at radius 2 is 1.96 bits per heavy atom. The molecule has 1 aliphatic carbocycles. The van der Waals surface area contributed by atoms with E-state index in [1.165, 1.54) is 4.90 Å². The van der Waals surface area contributed by atoms with Crippen LogP contribution in [-0.2, 0) is 11.3 Å². The summed E-state index contributed by atoms with van der Waals surface area (Å²) in [5.74, 6) is -3.09. The van der Waals surface area contributed by atoms with E-state index in [4.69, 9.17) is 4.74 Å². The number of rotatable bonds is 3. The molecule has 1 aromatic carbocycles. The first kappa shape index (κ1) is 18.6. The normalized spacial score (nSPS) is 23.6. The van der Waals surface area contributed by atoms with Crippen LogP contribution in [0.3, 0.4) is 0 Å². The van der Waals surface area contributed by atoms with E-state index in [2.05, 4.69) is 0 Å². The molecule has 1 aromatic rings. The van der Waals surface area contributed by atoms with E-state index in [9.17, 15) is 18.7 Å². The Morgan fingerprint density at radius 1 is 1.33 bits per heavy atom. The van der Waals surface area contributed by atoms with Gasteiger partial charge in [0, 0.05) is 19.0 Å². The summed E-state index contributed by atoms with van der Waals surface area (Å²) in [6.45, 7) is 5.54. The van der Waals surface area contributed by atoms with E-state index in [1.807, 2.05) is 30.3 Å². The minimum atomic E-state index is -3.09. The molecule has 6 heteroatoms. The molecule has 0 aromatic heterocycles. The average molecular weight is 341 g/mol. The van der Waals surface area contributed by atoms with Crippen LogP contribution in [0.1, 0.15) is 45.6 Å². The Morgan fingerprint density at radius 3 is 2.50 bits per heavy atom. The molecule has 2 atom stereocenters. The highest BCUT2D eigenvalue weighted by atomic mass is 19.3. The zero-order chi connectivity index (χ0) is 18.0. The van der Waals surface area contributed by atoms with E-state index >= 15 is 0 Å². The third kappa shape index (κ3) is 4.90. The third-order valence-electron chi connectivity index (χ3n) is 4.06. The van der Waals surface area contributed by atoms with Crippen molar-refractivity contribution in [3.05, 3.63) is 35.9 Å². The predicted octanol–water partition coefficient (Wildman–Crippen LogP) is 3.97. The predicted molar refractivity (Wildman–Crippen MR) is 86.8 cm³/mol. The molecule has 0 unspecified atom stereocenters. The Hall–Kier alpha value is -1.69. The fourth-order valence-corrected chi connectivity index (χ4v) is 2.80. The van der Waals surface area contributed by atoms with Crippen LogP contribution in [0.25, 0.3) is 0 Å². The molecule has 0 spiro atoms. The van der Waals surface area contributed by atoms with Crippen LogP contribution < -0.4 is 0 Å². The van der Waals surface area contributed by atoms with Gasteiger partial charge in [-0.2, -0.15) is 0 Å². The van der Waals surface area contributed by atoms with Gasteiger partial charge in [0.2, 0.25) is 0 Å². The highest BCUT2D eigenvalue weighted by molar-refractivity contribution is 5.68. The SMILES string of the molecule is CC(C)(C)OC(=O)N(Cc1ccccc1)[C@@H]1CCC(F)(F)[C@H](O)C1. The number of aliphatic hydroxyl groups excluding tert-OH is 1. The van der Waals surface area contributed by atoms with Crippen molar-refractivity contribution in [3.63, 3.8) is 0 Å². The third-order valence-corrected chi connectivity index (χ3v) is 4.06. The quantitative estimate of drug-likeness (QED) is 0.905. The second-order valence-corrected chi connectivity index (χ2v) is 7.30. The molecular formula is C18H25F2NO3. The number of amides is 1. The zero-order valence-corrected chi connectivity index (χ0v) is 14.3. The summed E-state index contributed by atoms with van der Waals surface area (Å²) in [5.41, 5.74) is 0.207. The van der Waals surface area contributed by atoms with Crippen LogP contribution in [0.2, 0.25) is 0 Å². The van der Waals surface area contributed by atoms with Gasteiger partial charge in [0.05, 0.1) is 0 Å². The van der Waals surface area contributed by atoms with Crippen LogP contribution in [0, 0.1) is 0 Å². The number of halogens is 2. The first-order valence-corrected chi connectivity index (χ1v) is 8.18. The summed E-state index contributed by atoms with van der Waals surface area (Å²) in [7, 11) is 0. The first-order chi connectivity index (χ1) is 11.1. The maximum absolute atomic E-state index is 13.5. The molecule has 2 rings (SSSR count). The maximum Gasteiger partial charge on any atom is 0.410 e. The van der Waals surface area contributed by atoms with Crippen LogP contribution in [0.4, 0.5) is 13.6 Å². The van der Waals surface area contributed by atoms with Gasteiger partial charge in [-0.05, 0) is 39.2 Å². The number of nitrogens with zero attached hydrogens (tertiary/aromatic N) is 1. The van der Waals surface area contributed by atoms with Crippen molar-refractivity contribution in [2.45, 2.75) is 70.2 Å². The molecule has 1 saturated carbocycles. The molecule has 0 radical (unpaired) electrons. The molecule has 0 heterocycles. The number of alkyl halides is 2. The molecule has 1 N–H and O–H groups in total. The smallest absolute Gasteiger partial charge is 0.410 e. The molecule has 4 nitrogen and oxygen atoms in total. The van der Waals surface area contributed by atoms with Crippen molar-refractivity contribution in [1.82, 2.24) is 4.90 Å². The molecular weight excluding hydrogens is 316 g/mol. The summed E-state index contributed by atoms with van der Waals surface area (Å²) in [6, 6.07) is 8.83. The zero-order valence-electron chi connectivity index (χ0n) is 14.3. The molecule has 24 heavy (non-hydrogen) atoms. The number of hydrogen-bond acceptors (Lipinski definition) is 3. The van der Waals surface area contributed by atoms with Gasteiger partial charge in [0.25, 0.3) is 5.92 Å². The highest BCUT2D eigenvalue weighted by Gasteiger charge is 2.46. The van der Waals surface area contributed by atoms with Crippen LogP contribution >= 0.6 is 0 Å².